The molecular weight excluding hydrogens is 348 g/mol. The van der Waals surface area contributed by atoms with Crippen LogP contribution in [-0.4, -0.2) is 25.3 Å². The Hall–Kier alpha value is -3.16. The second-order valence-corrected chi connectivity index (χ2v) is 5.55. The van der Waals surface area contributed by atoms with Gasteiger partial charge in [0.05, 0.1) is 0 Å². The number of carbonyl (C=O) groups is 2. The van der Waals surface area contributed by atoms with Gasteiger partial charge in [0.25, 0.3) is 5.91 Å². The van der Waals surface area contributed by atoms with Crippen LogP contribution in [0, 0.1) is 11.6 Å². The van der Waals surface area contributed by atoms with Crippen molar-refractivity contribution in [3.8, 4) is 11.5 Å². The van der Waals surface area contributed by atoms with Crippen LogP contribution in [0.4, 0.5) is 14.5 Å². The summed E-state index contributed by atoms with van der Waals surface area (Å²) in [7, 11) is 0. The summed E-state index contributed by atoms with van der Waals surface area (Å²) in [5.41, 5.74) is 0.815. The van der Waals surface area contributed by atoms with Gasteiger partial charge in [0.1, 0.15) is 11.6 Å². The van der Waals surface area contributed by atoms with Gasteiger partial charge in [-0.05, 0) is 36.2 Å². The molecule has 26 heavy (non-hydrogen) atoms. The van der Waals surface area contributed by atoms with Crippen LogP contribution in [-0.2, 0) is 20.7 Å². The molecule has 136 valence electrons. The predicted molar refractivity (Wildman–Crippen MR) is 86.8 cm³/mol. The van der Waals surface area contributed by atoms with Gasteiger partial charge in [-0.25, -0.2) is 8.78 Å². The number of halogens is 2. The van der Waals surface area contributed by atoms with Crippen LogP contribution in [0.2, 0.25) is 0 Å². The Kier molecular flexibility index (Phi) is 5.31. The maximum atomic E-state index is 13.0. The zero-order chi connectivity index (χ0) is 18.5. The first kappa shape index (κ1) is 17.7. The van der Waals surface area contributed by atoms with Crippen molar-refractivity contribution in [2.45, 2.75) is 12.8 Å². The summed E-state index contributed by atoms with van der Waals surface area (Å²) < 4.78 is 41.4. The van der Waals surface area contributed by atoms with Gasteiger partial charge >= 0.3 is 5.97 Å². The zero-order valence-electron chi connectivity index (χ0n) is 13.6. The number of nitrogens with one attached hydrogen (secondary N) is 1. The monoisotopic (exact) mass is 363 g/mol. The van der Waals surface area contributed by atoms with Crippen molar-refractivity contribution in [3.63, 3.8) is 0 Å². The molecule has 1 amide bonds. The normalized spacial score (nSPS) is 11.9. The highest BCUT2D eigenvalue weighted by Crippen LogP contribution is 2.32. The summed E-state index contributed by atoms with van der Waals surface area (Å²) in [6.07, 6.45) is 0.480. The van der Waals surface area contributed by atoms with E-state index in [1.165, 1.54) is 0 Å². The van der Waals surface area contributed by atoms with Crippen LogP contribution in [0.5, 0.6) is 11.5 Å². The van der Waals surface area contributed by atoms with Gasteiger partial charge in [0.15, 0.2) is 18.1 Å². The van der Waals surface area contributed by atoms with Gasteiger partial charge in [0, 0.05) is 18.2 Å². The number of anilines is 1. The minimum atomic E-state index is -0.818. The Morgan fingerprint density at radius 1 is 1.04 bits per heavy atom. The number of amides is 1. The third-order valence-electron chi connectivity index (χ3n) is 3.57. The molecule has 0 fully saturated rings. The Morgan fingerprint density at radius 3 is 2.54 bits per heavy atom. The van der Waals surface area contributed by atoms with Crippen molar-refractivity contribution in [3.05, 3.63) is 53.6 Å². The van der Waals surface area contributed by atoms with Crippen molar-refractivity contribution in [2.24, 2.45) is 0 Å². The molecule has 1 aliphatic rings. The maximum Gasteiger partial charge on any atom is 0.306 e. The van der Waals surface area contributed by atoms with E-state index in [-0.39, 0.29) is 18.9 Å². The fourth-order valence-electron chi connectivity index (χ4n) is 2.38. The highest BCUT2D eigenvalue weighted by molar-refractivity contribution is 5.92. The quantitative estimate of drug-likeness (QED) is 0.799. The van der Waals surface area contributed by atoms with Crippen LogP contribution in [0.1, 0.15) is 12.0 Å². The van der Waals surface area contributed by atoms with Crippen LogP contribution in [0.25, 0.3) is 0 Å². The van der Waals surface area contributed by atoms with E-state index in [4.69, 9.17) is 14.2 Å². The van der Waals surface area contributed by atoms with Crippen molar-refractivity contribution in [1.82, 2.24) is 0 Å². The van der Waals surface area contributed by atoms with E-state index in [0.717, 1.165) is 17.7 Å². The van der Waals surface area contributed by atoms with Crippen LogP contribution in [0.3, 0.4) is 0 Å². The van der Waals surface area contributed by atoms with Crippen LogP contribution in [0.15, 0.2) is 36.4 Å². The van der Waals surface area contributed by atoms with E-state index < -0.39 is 30.1 Å². The molecule has 6 nitrogen and oxygen atoms in total. The third kappa shape index (κ3) is 4.69. The van der Waals surface area contributed by atoms with E-state index in [1.807, 2.05) is 6.07 Å². The third-order valence-corrected chi connectivity index (χ3v) is 3.57. The average molecular weight is 363 g/mol. The molecule has 3 rings (SSSR count). The fraction of sp³-hybridized carbons (Fsp3) is 0.222. The number of hydrogen-bond donors (Lipinski definition) is 1. The highest BCUT2D eigenvalue weighted by atomic mass is 19.1. The number of aryl methyl sites for hydroxylation is 1. The second kappa shape index (κ2) is 7.81. The Labute approximate surface area is 147 Å². The summed E-state index contributed by atoms with van der Waals surface area (Å²) >= 11 is 0. The van der Waals surface area contributed by atoms with E-state index in [2.05, 4.69) is 5.32 Å². The zero-order valence-corrected chi connectivity index (χ0v) is 13.6. The van der Waals surface area contributed by atoms with Crippen molar-refractivity contribution < 1.29 is 32.6 Å². The molecule has 0 aliphatic carbocycles. The summed E-state index contributed by atoms with van der Waals surface area (Å²) in [5.74, 6) is -1.61. The van der Waals surface area contributed by atoms with Gasteiger partial charge in [-0.15, -0.1) is 0 Å². The lowest BCUT2D eigenvalue weighted by atomic mass is 10.1. The van der Waals surface area contributed by atoms with Crippen LogP contribution < -0.4 is 14.8 Å². The molecule has 0 spiro atoms. The first-order valence-corrected chi connectivity index (χ1v) is 7.80. The molecule has 0 saturated heterocycles. The SMILES string of the molecule is O=C(COC(=O)CCc1ccc2c(c1)OCO2)Nc1cc(F)cc(F)c1. The first-order valence-electron chi connectivity index (χ1n) is 7.80. The lowest BCUT2D eigenvalue weighted by molar-refractivity contribution is -0.147. The van der Waals surface area contributed by atoms with E-state index >= 15 is 0 Å². The summed E-state index contributed by atoms with van der Waals surface area (Å²) in [5, 5.41) is 2.25. The molecule has 0 atom stereocenters. The second-order valence-electron chi connectivity index (χ2n) is 5.55. The van der Waals surface area contributed by atoms with E-state index in [0.29, 0.717) is 24.0 Å². The number of hydrogen-bond acceptors (Lipinski definition) is 5. The highest BCUT2D eigenvalue weighted by Gasteiger charge is 2.14. The summed E-state index contributed by atoms with van der Waals surface area (Å²) in [6.45, 7) is -0.372. The molecule has 0 unspecified atom stereocenters. The largest absolute Gasteiger partial charge is 0.456 e. The molecule has 2 aromatic rings. The topological polar surface area (TPSA) is 73.9 Å². The molecule has 8 heteroatoms. The predicted octanol–water partition coefficient (Wildman–Crippen LogP) is 2.81. The number of rotatable bonds is 6. The number of ether oxygens (including phenoxy) is 3. The lowest BCUT2D eigenvalue weighted by Gasteiger charge is -2.07. The molecule has 0 saturated carbocycles. The Bertz CT molecular complexity index is 820. The van der Waals surface area contributed by atoms with Crippen molar-refractivity contribution in [1.29, 1.82) is 0 Å². The minimum absolute atomic E-state index is 0.0519. The van der Waals surface area contributed by atoms with Gasteiger partial charge in [0.2, 0.25) is 6.79 Å². The lowest BCUT2D eigenvalue weighted by Crippen LogP contribution is -2.21. The number of benzene rings is 2. The summed E-state index contributed by atoms with van der Waals surface area (Å²) in [6, 6.07) is 7.96. The van der Waals surface area contributed by atoms with Gasteiger partial charge in [-0.1, -0.05) is 6.07 Å². The Balaban J connectivity index is 1.43. The minimum Gasteiger partial charge on any atom is -0.456 e. The molecule has 0 bridgehead atoms. The maximum absolute atomic E-state index is 13.0. The molecular formula is C18H15F2NO5. The standard InChI is InChI=1S/C18H15F2NO5/c19-12-6-13(20)8-14(7-12)21-17(22)9-24-18(23)4-2-11-1-3-15-16(5-11)26-10-25-15/h1,3,5-8H,2,4,9-10H2,(H,21,22). The van der Waals surface area contributed by atoms with Crippen molar-refractivity contribution >= 4 is 17.6 Å². The van der Waals surface area contributed by atoms with E-state index in [9.17, 15) is 18.4 Å². The number of esters is 1. The first-order chi connectivity index (χ1) is 12.5. The number of carbonyl (C=O) groups excluding carboxylic acids is 2. The molecule has 0 aromatic heterocycles. The molecule has 1 aliphatic heterocycles. The molecule has 2 aromatic carbocycles. The van der Waals surface area contributed by atoms with Crippen LogP contribution >= 0.6 is 0 Å². The van der Waals surface area contributed by atoms with Gasteiger partial charge in [-0.2, -0.15) is 0 Å². The van der Waals surface area contributed by atoms with Gasteiger partial charge < -0.3 is 19.5 Å². The number of fused-ring (bicyclic) bond motifs is 1. The molecule has 1 N–H and O–H groups in total. The smallest absolute Gasteiger partial charge is 0.306 e. The van der Waals surface area contributed by atoms with E-state index in [1.54, 1.807) is 12.1 Å². The van der Waals surface area contributed by atoms with Gasteiger partial charge in [-0.3, -0.25) is 9.59 Å². The molecule has 1 heterocycles. The summed E-state index contributed by atoms with van der Waals surface area (Å²) in [4.78, 5) is 23.4. The average Bonchev–Trinajstić information content (AvgIpc) is 3.05. The fourth-order valence-corrected chi connectivity index (χ4v) is 2.38. The van der Waals surface area contributed by atoms with Crippen molar-refractivity contribution in [2.75, 3.05) is 18.7 Å². The molecule has 0 radical (unpaired) electrons. The Morgan fingerprint density at radius 2 is 1.77 bits per heavy atom.